The molecular formula is C17H27Cl2N3O2. The molecule has 1 fully saturated rings. The quantitative estimate of drug-likeness (QED) is 0.823. The summed E-state index contributed by atoms with van der Waals surface area (Å²) < 4.78 is 5.37. The van der Waals surface area contributed by atoms with Gasteiger partial charge in [0.1, 0.15) is 0 Å². The predicted octanol–water partition coefficient (Wildman–Crippen LogP) is 1.78. The summed E-state index contributed by atoms with van der Waals surface area (Å²) in [5.74, 6) is 0.100. The zero-order valence-corrected chi connectivity index (χ0v) is 15.6. The summed E-state index contributed by atoms with van der Waals surface area (Å²) >= 11 is 0. The number of ether oxygens (including phenoxy) is 1. The van der Waals surface area contributed by atoms with E-state index in [9.17, 15) is 4.79 Å². The predicted molar refractivity (Wildman–Crippen MR) is 102 cm³/mol. The maximum atomic E-state index is 12.0. The van der Waals surface area contributed by atoms with E-state index < -0.39 is 0 Å². The van der Waals surface area contributed by atoms with Gasteiger partial charge in [-0.25, -0.2) is 0 Å². The molecule has 2 atom stereocenters. The van der Waals surface area contributed by atoms with E-state index in [2.05, 4.69) is 46.7 Å². The lowest BCUT2D eigenvalue weighted by molar-refractivity contribution is -0.122. The van der Waals surface area contributed by atoms with Crippen molar-refractivity contribution in [1.82, 2.24) is 10.6 Å². The van der Waals surface area contributed by atoms with Crippen LogP contribution in [0.4, 0.5) is 5.69 Å². The Kier molecular flexibility index (Phi) is 8.84. The van der Waals surface area contributed by atoms with Crippen LogP contribution < -0.4 is 15.5 Å². The average Bonchev–Trinajstić information content (AvgIpc) is 2.84. The second-order valence-corrected chi connectivity index (χ2v) is 6.16. The van der Waals surface area contributed by atoms with Crippen LogP contribution in [0.1, 0.15) is 18.9 Å². The number of nitrogens with zero attached hydrogens (tertiary/aromatic N) is 1. The molecule has 0 aliphatic carbocycles. The normalized spacial score (nSPS) is 22.1. The van der Waals surface area contributed by atoms with Crippen molar-refractivity contribution in [1.29, 1.82) is 0 Å². The molecular weight excluding hydrogens is 349 g/mol. The molecule has 136 valence electrons. The van der Waals surface area contributed by atoms with Crippen molar-refractivity contribution in [3.05, 3.63) is 29.8 Å². The molecule has 3 rings (SSSR count). The van der Waals surface area contributed by atoms with Crippen LogP contribution in [-0.4, -0.2) is 50.8 Å². The summed E-state index contributed by atoms with van der Waals surface area (Å²) in [6.45, 7) is 5.99. The molecule has 1 aromatic carbocycles. The second kappa shape index (κ2) is 10.1. The van der Waals surface area contributed by atoms with Gasteiger partial charge in [0.05, 0.1) is 13.2 Å². The number of benzene rings is 1. The summed E-state index contributed by atoms with van der Waals surface area (Å²) in [7, 11) is 0. The summed E-state index contributed by atoms with van der Waals surface area (Å²) in [5, 5.41) is 6.34. The van der Waals surface area contributed by atoms with Gasteiger partial charge >= 0.3 is 0 Å². The standard InChI is InChI=1S/C17H25N3O2.2ClH/c1-13-10-14-4-2-3-5-16(14)20(13)8-6-19-17(21)11-15-12-22-9-7-18-15;;/h2-5,13,15,18H,6-12H2,1H3,(H,19,21);2*1H. The number of para-hydroxylation sites is 1. The minimum atomic E-state index is 0. The summed E-state index contributed by atoms with van der Waals surface area (Å²) in [4.78, 5) is 14.4. The van der Waals surface area contributed by atoms with Gasteiger partial charge in [-0.05, 0) is 25.0 Å². The third-order valence-corrected chi connectivity index (χ3v) is 4.45. The first-order valence-electron chi connectivity index (χ1n) is 8.16. The number of morpholine rings is 1. The van der Waals surface area contributed by atoms with Crippen LogP contribution in [0.3, 0.4) is 0 Å². The van der Waals surface area contributed by atoms with E-state index in [1.165, 1.54) is 11.3 Å². The van der Waals surface area contributed by atoms with Crippen LogP contribution in [0.5, 0.6) is 0 Å². The highest BCUT2D eigenvalue weighted by Crippen LogP contribution is 2.31. The van der Waals surface area contributed by atoms with Gasteiger partial charge in [-0.2, -0.15) is 0 Å². The zero-order valence-electron chi connectivity index (χ0n) is 14.0. The van der Waals surface area contributed by atoms with E-state index in [0.717, 1.165) is 26.1 Å². The molecule has 24 heavy (non-hydrogen) atoms. The lowest BCUT2D eigenvalue weighted by atomic mass is 10.1. The SMILES string of the molecule is CC1Cc2ccccc2N1CCNC(=O)CC1COCCN1.Cl.Cl. The van der Waals surface area contributed by atoms with Crippen molar-refractivity contribution < 1.29 is 9.53 Å². The average molecular weight is 376 g/mol. The second-order valence-electron chi connectivity index (χ2n) is 6.16. The molecule has 1 aromatic rings. The van der Waals surface area contributed by atoms with Crippen molar-refractivity contribution in [2.75, 3.05) is 37.7 Å². The smallest absolute Gasteiger partial charge is 0.221 e. The Labute approximate surface area is 156 Å². The fraction of sp³-hybridized carbons (Fsp3) is 0.588. The molecule has 0 spiro atoms. The number of hydrogen-bond acceptors (Lipinski definition) is 4. The third-order valence-electron chi connectivity index (χ3n) is 4.45. The van der Waals surface area contributed by atoms with E-state index in [-0.39, 0.29) is 36.8 Å². The number of carbonyl (C=O) groups is 1. The van der Waals surface area contributed by atoms with Gasteiger partial charge in [-0.1, -0.05) is 18.2 Å². The van der Waals surface area contributed by atoms with Crippen molar-refractivity contribution in [3.8, 4) is 0 Å². The zero-order chi connectivity index (χ0) is 15.4. The molecule has 2 heterocycles. The van der Waals surface area contributed by atoms with Gasteiger partial charge in [0.25, 0.3) is 0 Å². The van der Waals surface area contributed by atoms with Crippen LogP contribution in [-0.2, 0) is 16.0 Å². The molecule has 1 amide bonds. The molecule has 0 aromatic heterocycles. The Morgan fingerprint density at radius 2 is 2.17 bits per heavy atom. The molecule has 2 aliphatic rings. The highest BCUT2D eigenvalue weighted by atomic mass is 35.5. The Morgan fingerprint density at radius 3 is 2.92 bits per heavy atom. The summed E-state index contributed by atoms with van der Waals surface area (Å²) in [6, 6.07) is 9.19. The minimum absolute atomic E-state index is 0. The summed E-state index contributed by atoms with van der Waals surface area (Å²) in [6.07, 6.45) is 1.58. The number of fused-ring (bicyclic) bond motifs is 1. The highest BCUT2D eigenvalue weighted by Gasteiger charge is 2.25. The fourth-order valence-electron chi connectivity index (χ4n) is 3.33. The van der Waals surface area contributed by atoms with E-state index >= 15 is 0 Å². The highest BCUT2D eigenvalue weighted by molar-refractivity contribution is 5.85. The van der Waals surface area contributed by atoms with Gasteiger partial charge in [0.2, 0.25) is 5.91 Å². The molecule has 2 unspecified atom stereocenters. The molecule has 7 heteroatoms. The number of halogens is 2. The Balaban J connectivity index is 0.00000144. The molecule has 2 N–H and O–H groups in total. The number of hydrogen-bond donors (Lipinski definition) is 2. The maximum absolute atomic E-state index is 12.0. The van der Waals surface area contributed by atoms with E-state index in [0.29, 0.717) is 25.6 Å². The van der Waals surface area contributed by atoms with E-state index in [1.54, 1.807) is 0 Å². The lowest BCUT2D eigenvalue weighted by Crippen LogP contribution is -2.45. The minimum Gasteiger partial charge on any atom is -0.378 e. The Bertz CT molecular complexity index is 524. The van der Waals surface area contributed by atoms with Crippen molar-refractivity contribution in [2.24, 2.45) is 0 Å². The van der Waals surface area contributed by atoms with Crippen molar-refractivity contribution in [3.63, 3.8) is 0 Å². The first kappa shape index (κ1) is 21.0. The molecule has 0 radical (unpaired) electrons. The number of anilines is 1. The van der Waals surface area contributed by atoms with Crippen molar-refractivity contribution in [2.45, 2.75) is 31.8 Å². The van der Waals surface area contributed by atoms with Crippen LogP contribution in [0.15, 0.2) is 24.3 Å². The fourth-order valence-corrected chi connectivity index (χ4v) is 3.33. The van der Waals surface area contributed by atoms with E-state index in [4.69, 9.17) is 4.74 Å². The molecule has 2 aliphatic heterocycles. The number of carbonyl (C=O) groups excluding carboxylic acids is 1. The molecule has 5 nitrogen and oxygen atoms in total. The topological polar surface area (TPSA) is 53.6 Å². The molecule has 0 bridgehead atoms. The summed E-state index contributed by atoms with van der Waals surface area (Å²) in [5.41, 5.74) is 2.72. The maximum Gasteiger partial charge on any atom is 0.221 e. The Morgan fingerprint density at radius 1 is 1.38 bits per heavy atom. The van der Waals surface area contributed by atoms with Crippen molar-refractivity contribution >= 4 is 36.4 Å². The van der Waals surface area contributed by atoms with Crippen LogP contribution >= 0.6 is 24.8 Å². The number of rotatable bonds is 5. The van der Waals surface area contributed by atoms with Gasteiger partial charge in [0.15, 0.2) is 0 Å². The van der Waals surface area contributed by atoms with Gasteiger partial charge in [0, 0.05) is 43.8 Å². The Hall–Kier alpha value is -1.01. The van der Waals surface area contributed by atoms with Gasteiger partial charge in [-0.15, -0.1) is 24.8 Å². The van der Waals surface area contributed by atoms with Crippen LogP contribution in [0.25, 0.3) is 0 Å². The van der Waals surface area contributed by atoms with Gasteiger partial charge < -0.3 is 20.3 Å². The van der Waals surface area contributed by atoms with Crippen LogP contribution in [0.2, 0.25) is 0 Å². The largest absolute Gasteiger partial charge is 0.378 e. The first-order valence-corrected chi connectivity index (χ1v) is 8.16. The van der Waals surface area contributed by atoms with E-state index in [1.807, 2.05) is 0 Å². The molecule has 0 saturated carbocycles. The lowest BCUT2D eigenvalue weighted by Gasteiger charge is -2.26. The van der Waals surface area contributed by atoms with Gasteiger partial charge in [-0.3, -0.25) is 4.79 Å². The van der Waals surface area contributed by atoms with Crippen LogP contribution in [0, 0.1) is 0 Å². The number of nitrogens with one attached hydrogen (secondary N) is 2. The number of amides is 1. The monoisotopic (exact) mass is 375 g/mol. The molecule has 1 saturated heterocycles. The third kappa shape index (κ3) is 5.24. The first-order chi connectivity index (χ1) is 10.7.